The molecule has 3 heteroatoms. The normalized spacial score (nSPS) is 23.8. The zero-order valence-electron chi connectivity index (χ0n) is 11.0. The minimum Gasteiger partial charge on any atom is -0.330 e. The summed E-state index contributed by atoms with van der Waals surface area (Å²) in [5.74, 6) is 0. The quantitative estimate of drug-likeness (QED) is 0.890. The Kier molecular flexibility index (Phi) is 4.60. The highest BCUT2D eigenvalue weighted by atomic mass is 32.1. The number of rotatable bonds is 4. The largest absolute Gasteiger partial charge is 0.330 e. The van der Waals surface area contributed by atoms with Gasteiger partial charge in [0.15, 0.2) is 0 Å². The fraction of sp³-hybridized carbons (Fsp3) is 0.714. The van der Waals surface area contributed by atoms with E-state index in [4.69, 9.17) is 5.73 Å². The second-order valence-electron chi connectivity index (χ2n) is 5.11. The Bertz CT molecular complexity index is 346. The summed E-state index contributed by atoms with van der Waals surface area (Å²) >= 11 is 1.90. The predicted octanol–water partition coefficient (Wildman–Crippen LogP) is 3.32. The maximum atomic E-state index is 5.75. The van der Waals surface area contributed by atoms with E-state index in [1.165, 1.54) is 36.2 Å². The van der Waals surface area contributed by atoms with Crippen LogP contribution in [0.2, 0.25) is 0 Å². The highest BCUT2D eigenvalue weighted by Crippen LogP contribution is 2.33. The van der Waals surface area contributed by atoms with E-state index < -0.39 is 0 Å². The van der Waals surface area contributed by atoms with Gasteiger partial charge in [0.1, 0.15) is 0 Å². The lowest BCUT2D eigenvalue weighted by Crippen LogP contribution is -2.42. The Hall–Kier alpha value is -0.380. The molecule has 0 saturated carbocycles. The van der Waals surface area contributed by atoms with Crippen LogP contribution in [-0.4, -0.2) is 24.0 Å². The van der Waals surface area contributed by atoms with Crippen molar-refractivity contribution in [1.82, 2.24) is 4.90 Å². The average molecular weight is 252 g/mol. The van der Waals surface area contributed by atoms with E-state index in [0.29, 0.717) is 12.1 Å². The average Bonchev–Trinajstić information content (AvgIpc) is 2.76. The minimum atomic E-state index is 0.562. The first kappa shape index (κ1) is 13.1. The summed E-state index contributed by atoms with van der Waals surface area (Å²) in [4.78, 5) is 4.21. The van der Waals surface area contributed by atoms with Crippen molar-refractivity contribution in [2.75, 3.05) is 13.1 Å². The van der Waals surface area contributed by atoms with Crippen LogP contribution in [0.4, 0.5) is 0 Å². The van der Waals surface area contributed by atoms with Gasteiger partial charge >= 0.3 is 0 Å². The Labute approximate surface area is 109 Å². The van der Waals surface area contributed by atoms with Gasteiger partial charge in [-0.15, -0.1) is 11.3 Å². The van der Waals surface area contributed by atoms with E-state index in [2.05, 4.69) is 30.2 Å². The third-order valence-corrected chi connectivity index (χ3v) is 5.14. The molecule has 17 heavy (non-hydrogen) atoms. The number of aryl methyl sites for hydroxylation is 1. The van der Waals surface area contributed by atoms with Crippen molar-refractivity contribution in [3.8, 4) is 0 Å². The standard InChI is InChI=1S/C14H24N2S/c1-11-7-10-17-14(11)12(2)16-9-4-3-5-13(16)6-8-15/h7,10,12-13H,3-6,8-9,15H2,1-2H3. The lowest BCUT2D eigenvalue weighted by molar-refractivity contribution is 0.0998. The molecule has 2 heterocycles. The van der Waals surface area contributed by atoms with E-state index in [0.717, 1.165) is 13.0 Å². The number of nitrogens with two attached hydrogens (primary N) is 1. The number of hydrogen-bond acceptors (Lipinski definition) is 3. The van der Waals surface area contributed by atoms with Crippen molar-refractivity contribution in [3.63, 3.8) is 0 Å². The molecular formula is C14H24N2S. The van der Waals surface area contributed by atoms with Gasteiger partial charge in [0.25, 0.3) is 0 Å². The van der Waals surface area contributed by atoms with E-state index in [9.17, 15) is 0 Å². The van der Waals surface area contributed by atoms with E-state index in [1.807, 2.05) is 11.3 Å². The van der Waals surface area contributed by atoms with Crippen molar-refractivity contribution in [2.24, 2.45) is 5.73 Å². The molecule has 2 unspecified atom stereocenters. The number of nitrogens with zero attached hydrogens (tertiary/aromatic N) is 1. The molecule has 1 aliphatic heterocycles. The van der Waals surface area contributed by atoms with Crippen LogP contribution in [0.3, 0.4) is 0 Å². The molecule has 1 aromatic rings. The van der Waals surface area contributed by atoms with Crippen LogP contribution < -0.4 is 5.73 Å². The lowest BCUT2D eigenvalue weighted by atomic mass is 9.96. The van der Waals surface area contributed by atoms with Crippen LogP contribution in [0.15, 0.2) is 11.4 Å². The summed E-state index contributed by atoms with van der Waals surface area (Å²) in [6.07, 6.45) is 5.19. The zero-order chi connectivity index (χ0) is 12.3. The van der Waals surface area contributed by atoms with Crippen molar-refractivity contribution in [1.29, 1.82) is 0 Å². The molecule has 0 spiro atoms. The summed E-state index contributed by atoms with van der Waals surface area (Å²) in [7, 11) is 0. The Morgan fingerprint density at radius 3 is 3.00 bits per heavy atom. The maximum Gasteiger partial charge on any atom is 0.0418 e. The Morgan fingerprint density at radius 1 is 1.53 bits per heavy atom. The van der Waals surface area contributed by atoms with Gasteiger partial charge in [-0.05, 0) is 63.2 Å². The lowest BCUT2D eigenvalue weighted by Gasteiger charge is -2.40. The number of likely N-dealkylation sites (tertiary alicyclic amines) is 1. The highest BCUT2D eigenvalue weighted by molar-refractivity contribution is 7.10. The molecule has 1 aliphatic rings. The van der Waals surface area contributed by atoms with E-state index in [1.54, 1.807) is 0 Å². The van der Waals surface area contributed by atoms with Crippen LogP contribution in [0.25, 0.3) is 0 Å². The van der Waals surface area contributed by atoms with Gasteiger partial charge in [-0.25, -0.2) is 0 Å². The molecule has 2 atom stereocenters. The van der Waals surface area contributed by atoms with Crippen LogP contribution in [0, 0.1) is 6.92 Å². The summed E-state index contributed by atoms with van der Waals surface area (Å²) in [6, 6.07) is 3.50. The monoisotopic (exact) mass is 252 g/mol. The topological polar surface area (TPSA) is 29.3 Å². The van der Waals surface area contributed by atoms with Gasteiger partial charge in [-0.2, -0.15) is 0 Å². The molecule has 1 aromatic heterocycles. The van der Waals surface area contributed by atoms with E-state index in [-0.39, 0.29) is 0 Å². The van der Waals surface area contributed by atoms with E-state index >= 15 is 0 Å². The van der Waals surface area contributed by atoms with Crippen molar-refractivity contribution in [2.45, 2.75) is 51.6 Å². The third-order valence-electron chi connectivity index (χ3n) is 3.95. The summed E-state index contributed by atoms with van der Waals surface area (Å²) in [5.41, 5.74) is 7.19. The first-order valence-electron chi connectivity index (χ1n) is 6.74. The maximum absolute atomic E-state index is 5.75. The molecule has 0 aromatic carbocycles. The second-order valence-corrected chi connectivity index (χ2v) is 6.06. The van der Waals surface area contributed by atoms with Crippen LogP contribution in [0.5, 0.6) is 0 Å². The molecule has 1 saturated heterocycles. The SMILES string of the molecule is Cc1ccsc1C(C)N1CCCCC1CCN. The van der Waals surface area contributed by atoms with Gasteiger partial charge < -0.3 is 5.73 Å². The van der Waals surface area contributed by atoms with Gasteiger partial charge in [0.05, 0.1) is 0 Å². The minimum absolute atomic E-state index is 0.562. The van der Waals surface area contributed by atoms with Crippen LogP contribution in [-0.2, 0) is 0 Å². The molecule has 0 aliphatic carbocycles. The first-order valence-corrected chi connectivity index (χ1v) is 7.61. The van der Waals surface area contributed by atoms with Crippen molar-refractivity contribution >= 4 is 11.3 Å². The molecule has 0 amide bonds. The second kappa shape index (κ2) is 5.98. The number of thiophene rings is 1. The summed E-state index contributed by atoms with van der Waals surface area (Å²) < 4.78 is 0. The van der Waals surface area contributed by atoms with Gasteiger partial charge in [0, 0.05) is 17.0 Å². The zero-order valence-corrected chi connectivity index (χ0v) is 11.8. The fourth-order valence-electron chi connectivity index (χ4n) is 3.00. The molecule has 96 valence electrons. The number of hydrogen-bond donors (Lipinski definition) is 1. The third kappa shape index (κ3) is 2.90. The fourth-order valence-corrected chi connectivity index (χ4v) is 4.00. The van der Waals surface area contributed by atoms with Crippen LogP contribution >= 0.6 is 11.3 Å². The van der Waals surface area contributed by atoms with Crippen molar-refractivity contribution in [3.05, 3.63) is 21.9 Å². The molecule has 2 N–H and O–H groups in total. The predicted molar refractivity (Wildman–Crippen MR) is 75.5 cm³/mol. The number of piperidine rings is 1. The molecule has 0 radical (unpaired) electrons. The molecule has 2 nitrogen and oxygen atoms in total. The summed E-state index contributed by atoms with van der Waals surface area (Å²) in [6.45, 7) is 6.64. The van der Waals surface area contributed by atoms with Crippen LogP contribution in [0.1, 0.15) is 49.1 Å². The Balaban J connectivity index is 2.10. The highest BCUT2D eigenvalue weighted by Gasteiger charge is 2.27. The first-order chi connectivity index (χ1) is 8.24. The molecular weight excluding hydrogens is 228 g/mol. The smallest absolute Gasteiger partial charge is 0.0418 e. The molecule has 0 bridgehead atoms. The van der Waals surface area contributed by atoms with Crippen molar-refractivity contribution < 1.29 is 0 Å². The summed E-state index contributed by atoms with van der Waals surface area (Å²) in [5, 5.41) is 2.21. The molecule has 1 fully saturated rings. The Morgan fingerprint density at radius 2 is 2.35 bits per heavy atom. The van der Waals surface area contributed by atoms with Gasteiger partial charge in [0.2, 0.25) is 0 Å². The van der Waals surface area contributed by atoms with Gasteiger partial charge in [-0.1, -0.05) is 6.42 Å². The molecule has 2 rings (SSSR count). The van der Waals surface area contributed by atoms with Gasteiger partial charge in [-0.3, -0.25) is 4.90 Å².